The predicted molar refractivity (Wildman–Crippen MR) is 180 cm³/mol. The molecule has 0 radical (unpaired) electrons. The number of aryl methyl sites for hydroxylation is 1. The van der Waals surface area contributed by atoms with Crippen LogP contribution in [0.4, 0.5) is 0 Å². The molecule has 1 saturated heterocycles. The number of ether oxygens (including phenoxy) is 2. The third-order valence-electron chi connectivity index (χ3n) is 10.0. The Bertz CT molecular complexity index is 1760. The Morgan fingerprint density at radius 2 is 1.90 bits per heavy atom. The summed E-state index contributed by atoms with van der Waals surface area (Å²) < 4.78 is 45.4. The number of aromatic nitrogens is 1. The van der Waals surface area contributed by atoms with E-state index in [0.29, 0.717) is 43.2 Å². The van der Waals surface area contributed by atoms with E-state index in [1.54, 1.807) is 26.8 Å². The first-order valence-corrected chi connectivity index (χ1v) is 19.0. The number of fused-ring (bicyclic) bond motifs is 3. The minimum atomic E-state index is -3.83. The first-order chi connectivity index (χ1) is 23.1. The second-order valence-corrected chi connectivity index (χ2v) is 17.2. The summed E-state index contributed by atoms with van der Waals surface area (Å²) in [5.74, 6) is -2.87. The number of benzene rings is 1. The summed E-state index contributed by atoms with van der Waals surface area (Å²) in [5, 5.41) is -0.586. The summed E-state index contributed by atoms with van der Waals surface area (Å²) in [6.45, 7) is 7.28. The SMILES string of the molecule is Cc1cccc2oc(O[C@@H]3C[C@H]4C(=O)C[C@]5(C(=O)NS(=O)(=O)C6CC6)C[C@H]5/C=C\CCCCC[C@H](CC(=O)OC(C)(C)C)C(=O)N4C3)nc12. The third-order valence-corrected chi connectivity index (χ3v) is 11.9. The maximum absolute atomic E-state index is 14.4. The van der Waals surface area contributed by atoms with Gasteiger partial charge in [-0.3, -0.25) is 23.9 Å². The number of nitrogens with one attached hydrogen (secondary N) is 1. The molecule has 2 saturated carbocycles. The van der Waals surface area contributed by atoms with Crippen molar-refractivity contribution in [1.82, 2.24) is 14.6 Å². The summed E-state index contributed by atoms with van der Waals surface area (Å²) in [7, 11) is -3.83. The number of amides is 2. The minimum absolute atomic E-state index is 0.0239. The van der Waals surface area contributed by atoms with E-state index >= 15 is 0 Å². The van der Waals surface area contributed by atoms with Crippen molar-refractivity contribution < 1.29 is 41.5 Å². The van der Waals surface area contributed by atoms with Crippen LogP contribution in [0.25, 0.3) is 11.1 Å². The average Bonchev–Trinajstić information content (AvgIpc) is 3.90. The highest BCUT2D eigenvalue weighted by Crippen LogP contribution is 2.57. The number of hydrogen-bond acceptors (Lipinski definition) is 10. The number of allylic oxidation sites excluding steroid dienone is 2. The van der Waals surface area contributed by atoms with Crippen molar-refractivity contribution in [3.05, 3.63) is 35.9 Å². The number of sulfonamides is 1. The first-order valence-electron chi connectivity index (χ1n) is 17.5. The van der Waals surface area contributed by atoms with Crippen molar-refractivity contribution in [3.63, 3.8) is 0 Å². The Kier molecular flexibility index (Phi) is 9.69. The van der Waals surface area contributed by atoms with Gasteiger partial charge in [0.25, 0.3) is 0 Å². The summed E-state index contributed by atoms with van der Waals surface area (Å²) in [6.07, 6.45) is 7.98. The van der Waals surface area contributed by atoms with Gasteiger partial charge >= 0.3 is 12.0 Å². The number of ketones is 1. The quantitative estimate of drug-likeness (QED) is 0.310. The Morgan fingerprint density at radius 3 is 2.61 bits per heavy atom. The largest absolute Gasteiger partial charge is 0.460 e. The molecule has 2 aliphatic heterocycles. The molecule has 0 spiro atoms. The fourth-order valence-corrected chi connectivity index (χ4v) is 8.55. The van der Waals surface area contributed by atoms with E-state index < -0.39 is 56.2 Å². The number of carbonyl (C=O) groups excluding carboxylic acids is 4. The molecule has 0 bridgehead atoms. The van der Waals surface area contributed by atoms with Crippen LogP contribution in [0.1, 0.15) is 97.0 Å². The zero-order valence-corrected chi connectivity index (χ0v) is 29.6. The summed E-state index contributed by atoms with van der Waals surface area (Å²) in [5.41, 5.74) is 0.159. The number of Topliss-reactive ketones (excluding diaryl/α,β-unsaturated/α-hetero) is 1. The molecule has 3 heterocycles. The fraction of sp³-hybridized carbons (Fsp3) is 0.639. The molecule has 13 heteroatoms. The molecule has 0 unspecified atom stereocenters. The first kappa shape index (κ1) is 35.1. The number of hydrogen-bond donors (Lipinski definition) is 1. The third kappa shape index (κ3) is 8.02. The van der Waals surface area contributed by atoms with Crippen LogP contribution in [0.2, 0.25) is 0 Å². The molecular formula is C36H47N3O9S. The van der Waals surface area contributed by atoms with Gasteiger partial charge in [-0.2, -0.15) is 4.98 Å². The van der Waals surface area contributed by atoms with Crippen molar-refractivity contribution in [1.29, 1.82) is 0 Å². The maximum atomic E-state index is 14.4. The van der Waals surface area contributed by atoms with Crippen LogP contribution in [-0.4, -0.2) is 71.4 Å². The molecule has 2 aliphatic carbocycles. The van der Waals surface area contributed by atoms with Crippen molar-refractivity contribution >= 4 is 44.7 Å². The van der Waals surface area contributed by atoms with Crippen molar-refractivity contribution in [2.45, 2.75) is 121 Å². The van der Waals surface area contributed by atoms with Crippen LogP contribution in [0.5, 0.6) is 6.08 Å². The van der Waals surface area contributed by atoms with Gasteiger partial charge < -0.3 is 18.8 Å². The molecule has 2 amide bonds. The van der Waals surface area contributed by atoms with Gasteiger partial charge in [-0.05, 0) is 83.8 Å². The van der Waals surface area contributed by atoms with Crippen molar-refractivity contribution in [2.24, 2.45) is 17.3 Å². The number of rotatable bonds is 7. The van der Waals surface area contributed by atoms with Gasteiger partial charge in [0.05, 0.1) is 29.7 Å². The zero-order chi connectivity index (χ0) is 35.1. The second-order valence-electron chi connectivity index (χ2n) is 15.2. The topological polar surface area (TPSA) is 162 Å². The van der Waals surface area contributed by atoms with Crippen LogP contribution >= 0.6 is 0 Å². The number of esters is 1. The lowest BCUT2D eigenvalue weighted by atomic mass is 9.90. The average molecular weight is 698 g/mol. The molecule has 5 atom stereocenters. The highest BCUT2D eigenvalue weighted by Gasteiger charge is 2.61. The Labute approximate surface area is 287 Å². The van der Waals surface area contributed by atoms with E-state index in [9.17, 15) is 27.6 Å². The van der Waals surface area contributed by atoms with E-state index in [4.69, 9.17) is 13.9 Å². The molecule has 3 fully saturated rings. The molecule has 12 nitrogen and oxygen atoms in total. The smallest absolute Gasteiger partial charge is 0.395 e. The number of para-hydroxylation sites is 1. The van der Waals surface area contributed by atoms with Gasteiger partial charge in [0.2, 0.25) is 21.8 Å². The van der Waals surface area contributed by atoms with Gasteiger partial charge in [0.15, 0.2) is 11.4 Å². The number of carbonyl (C=O) groups is 4. The molecule has 1 N–H and O–H groups in total. The Hall–Kier alpha value is -3.74. The lowest BCUT2D eigenvalue weighted by Gasteiger charge is -2.29. The minimum Gasteiger partial charge on any atom is -0.460 e. The van der Waals surface area contributed by atoms with Gasteiger partial charge in [0, 0.05) is 18.8 Å². The lowest BCUT2D eigenvalue weighted by molar-refractivity contribution is -0.159. The van der Waals surface area contributed by atoms with Crippen molar-refractivity contribution in [3.8, 4) is 6.08 Å². The number of oxazole rings is 1. The highest BCUT2D eigenvalue weighted by atomic mass is 32.2. The standard InChI is InChI=1S/C36H47N3O9S/c1-22-11-10-14-29-31(22)37-34(47-29)46-25-18-27-28(40)20-36(33(43)38-49(44,45)26-15-16-26)19-24(36)13-9-7-5-6-8-12-23(32(42)39(27)21-25)17-30(41)48-35(2,3)4/h9-11,13-14,23-27H,5-8,12,15-21H2,1-4H3,(H,38,43)/b13-9-/t23-,24-,25-,27+,36-/m1/s1. The van der Waals surface area contributed by atoms with Crippen LogP contribution < -0.4 is 9.46 Å². The Balaban J connectivity index is 1.29. The monoisotopic (exact) mass is 697 g/mol. The summed E-state index contributed by atoms with van der Waals surface area (Å²) in [6, 6.07) is 4.59. The van der Waals surface area contributed by atoms with Gasteiger partial charge in [-0.15, -0.1) is 0 Å². The molecule has 49 heavy (non-hydrogen) atoms. The van der Waals surface area contributed by atoms with Crippen LogP contribution in [-0.2, 0) is 33.9 Å². The van der Waals surface area contributed by atoms with Crippen LogP contribution in [0.3, 0.4) is 0 Å². The van der Waals surface area contributed by atoms with E-state index in [1.165, 1.54) is 4.90 Å². The van der Waals surface area contributed by atoms with Crippen LogP contribution in [0.15, 0.2) is 34.8 Å². The van der Waals surface area contributed by atoms with E-state index in [0.717, 1.165) is 24.8 Å². The maximum Gasteiger partial charge on any atom is 0.395 e. The molecule has 4 aliphatic rings. The Morgan fingerprint density at radius 1 is 1.12 bits per heavy atom. The second kappa shape index (κ2) is 13.5. The molecule has 6 rings (SSSR count). The molecule has 2 aromatic rings. The highest BCUT2D eigenvalue weighted by molar-refractivity contribution is 7.90. The van der Waals surface area contributed by atoms with Gasteiger partial charge in [-0.25, -0.2) is 8.42 Å². The van der Waals surface area contributed by atoms with Gasteiger partial charge in [0.1, 0.15) is 17.2 Å². The van der Waals surface area contributed by atoms with E-state index in [1.807, 2.05) is 31.2 Å². The van der Waals surface area contributed by atoms with Crippen molar-refractivity contribution in [2.75, 3.05) is 6.54 Å². The molecule has 1 aromatic carbocycles. The number of nitrogens with zero attached hydrogens (tertiary/aromatic N) is 2. The lowest BCUT2D eigenvalue weighted by Crippen LogP contribution is -2.46. The predicted octanol–water partition coefficient (Wildman–Crippen LogP) is 4.93. The van der Waals surface area contributed by atoms with Crippen LogP contribution in [0, 0.1) is 24.2 Å². The van der Waals surface area contributed by atoms with E-state index in [-0.39, 0.29) is 49.5 Å². The van der Waals surface area contributed by atoms with Gasteiger partial charge in [-0.1, -0.05) is 37.1 Å². The molecule has 266 valence electrons. The normalized spacial score (nSPS) is 28.9. The molecule has 1 aromatic heterocycles. The summed E-state index contributed by atoms with van der Waals surface area (Å²) >= 11 is 0. The van der Waals surface area contributed by atoms with E-state index in [2.05, 4.69) is 9.71 Å². The molecular weight excluding hydrogens is 650 g/mol. The summed E-state index contributed by atoms with van der Waals surface area (Å²) in [4.78, 5) is 61.3. The zero-order valence-electron chi connectivity index (χ0n) is 28.7. The fourth-order valence-electron chi connectivity index (χ4n) is 7.16.